The molecule has 120 valence electrons. The maximum Gasteiger partial charge on any atom is 0.339 e. The summed E-state index contributed by atoms with van der Waals surface area (Å²) >= 11 is 0. The first-order chi connectivity index (χ1) is 11.2. The zero-order valence-electron chi connectivity index (χ0n) is 12.3. The van der Waals surface area contributed by atoms with Gasteiger partial charge in [0.05, 0.1) is 6.61 Å². The Kier molecular flexibility index (Phi) is 6.14. The second-order valence-electron chi connectivity index (χ2n) is 4.47. The van der Waals surface area contributed by atoms with Gasteiger partial charge in [0.25, 0.3) is 0 Å². The van der Waals surface area contributed by atoms with Gasteiger partial charge in [-0.2, -0.15) is 0 Å². The van der Waals surface area contributed by atoms with E-state index >= 15 is 0 Å². The minimum absolute atomic E-state index is 0.0402. The summed E-state index contributed by atoms with van der Waals surface area (Å²) in [4.78, 5) is 21.3. The number of carboxylic acid groups (broad SMARTS) is 1. The van der Waals surface area contributed by atoms with E-state index in [-0.39, 0.29) is 17.9 Å². The second kappa shape index (κ2) is 8.55. The number of carbonyl (C=O) groups excluding carboxylic acids is 1. The third-order valence-corrected chi connectivity index (χ3v) is 2.83. The summed E-state index contributed by atoms with van der Waals surface area (Å²) in [6.07, 6.45) is 0.675. The number of hydrogen-bond acceptors (Lipinski definition) is 5. The van der Waals surface area contributed by atoms with E-state index in [0.29, 0.717) is 31.0 Å². The van der Waals surface area contributed by atoms with Gasteiger partial charge in [-0.15, -0.1) is 0 Å². The first-order valence-electron chi connectivity index (χ1n) is 6.95. The molecule has 0 saturated heterocycles. The molecule has 6 nitrogen and oxygen atoms in total. The number of benzene rings is 2. The Balaban J connectivity index is 2.00. The zero-order chi connectivity index (χ0) is 16.5. The number of para-hydroxylation sites is 1. The molecule has 0 spiro atoms. The smallest absolute Gasteiger partial charge is 0.339 e. The third-order valence-electron chi connectivity index (χ3n) is 2.83. The predicted molar refractivity (Wildman–Crippen MR) is 82.3 cm³/mol. The molecule has 0 radical (unpaired) electrons. The molecule has 0 atom stereocenters. The maximum atomic E-state index is 11.2. The quantitative estimate of drug-likeness (QED) is 0.566. The topological polar surface area (TPSA) is 82.1 Å². The second-order valence-corrected chi connectivity index (χ2v) is 4.47. The summed E-state index contributed by atoms with van der Waals surface area (Å²) in [6.45, 7) is 0.632. The minimum atomic E-state index is -1.06. The summed E-state index contributed by atoms with van der Waals surface area (Å²) in [6, 6.07) is 13.2. The molecular weight excluding hydrogens is 300 g/mol. The Morgan fingerprint density at radius 1 is 1.04 bits per heavy atom. The predicted octanol–water partition coefficient (Wildman–Crippen LogP) is 2.77. The van der Waals surface area contributed by atoms with Gasteiger partial charge in [0.15, 0.2) is 0 Å². The summed E-state index contributed by atoms with van der Waals surface area (Å²) in [5, 5.41) is 9.14. The van der Waals surface area contributed by atoms with Crippen molar-refractivity contribution in [3.63, 3.8) is 0 Å². The van der Waals surface area contributed by atoms with Crippen molar-refractivity contribution in [2.75, 3.05) is 19.8 Å². The van der Waals surface area contributed by atoms with Crippen LogP contribution in [0, 0.1) is 0 Å². The summed E-state index contributed by atoms with van der Waals surface area (Å²) in [5.41, 5.74) is 0.0843. The molecule has 0 aliphatic heterocycles. The van der Waals surface area contributed by atoms with Gasteiger partial charge in [-0.3, -0.25) is 0 Å². The molecule has 0 bridgehead atoms. The van der Waals surface area contributed by atoms with Gasteiger partial charge >= 0.3 is 5.97 Å². The fourth-order valence-corrected chi connectivity index (χ4v) is 1.84. The van der Waals surface area contributed by atoms with E-state index < -0.39 is 5.97 Å². The fraction of sp³-hybridized carbons (Fsp3) is 0.176. The lowest BCUT2D eigenvalue weighted by molar-refractivity contribution is -0.112. The van der Waals surface area contributed by atoms with Crippen LogP contribution in [-0.2, 0) is 9.53 Å². The van der Waals surface area contributed by atoms with Crippen LogP contribution in [0.2, 0.25) is 0 Å². The van der Waals surface area contributed by atoms with E-state index in [1.54, 1.807) is 42.5 Å². The normalized spacial score (nSPS) is 10.1. The highest BCUT2D eigenvalue weighted by molar-refractivity contribution is 5.90. The number of hydrogen-bond donors (Lipinski definition) is 1. The fourth-order valence-electron chi connectivity index (χ4n) is 1.84. The first kappa shape index (κ1) is 16.5. The van der Waals surface area contributed by atoms with Gasteiger partial charge in [0.1, 0.15) is 42.3 Å². The van der Waals surface area contributed by atoms with Crippen molar-refractivity contribution < 1.29 is 28.9 Å². The molecule has 0 aliphatic rings. The first-order valence-corrected chi connectivity index (χ1v) is 6.95. The number of carbonyl (C=O) groups is 2. The van der Waals surface area contributed by atoms with Crippen LogP contribution in [0.25, 0.3) is 0 Å². The molecule has 0 saturated carbocycles. The van der Waals surface area contributed by atoms with E-state index in [4.69, 9.17) is 19.3 Å². The Hall–Kier alpha value is -2.86. The largest absolute Gasteiger partial charge is 0.491 e. The molecule has 0 heterocycles. The van der Waals surface area contributed by atoms with E-state index in [1.165, 1.54) is 6.07 Å². The highest BCUT2D eigenvalue weighted by Crippen LogP contribution is 2.27. The van der Waals surface area contributed by atoms with E-state index in [0.717, 1.165) is 0 Å². The van der Waals surface area contributed by atoms with Gasteiger partial charge in [-0.05, 0) is 24.3 Å². The Morgan fingerprint density at radius 2 is 1.83 bits per heavy atom. The number of ether oxygens (including phenoxy) is 3. The average Bonchev–Trinajstić information content (AvgIpc) is 2.55. The van der Waals surface area contributed by atoms with Gasteiger partial charge in [0, 0.05) is 6.07 Å². The molecule has 1 N–H and O–H groups in total. The lowest BCUT2D eigenvalue weighted by Gasteiger charge is -2.10. The van der Waals surface area contributed by atoms with Crippen molar-refractivity contribution in [2.24, 2.45) is 0 Å². The van der Waals surface area contributed by atoms with Crippen LogP contribution in [-0.4, -0.2) is 37.2 Å². The Bertz CT molecular complexity index is 668. The van der Waals surface area contributed by atoms with Gasteiger partial charge < -0.3 is 24.1 Å². The van der Waals surface area contributed by atoms with E-state index in [2.05, 4.69) is 0 Å². The molecule has 2 rings (SSSR count). The SMILES string of the molecule is O=CCOCCOc1cccc(Oc2ccccc2C(=O)O)c1. The van der Waals surface area contributed by atoms with Crippen LogP contribution in [0.3, 0.4) is 0 Å². The van der Waals surface area contributed by atoms with Crippen LogP contribution in [0.1, 0.15) is 10.4 Å². The third kappa shape index (κ3) is 5.12. The molecule has 0 fully saturated rings. The number of aldehydes is 1. The lowest BCUT2D eigenvalue weighted by Crippen LogP contribution is -2.07. The average molecular weight is 316 g/mol. The molecule has 0 aliphatic carbocycles. The molecule has 23 heavy (non-hydrogen) atoms. The highest BCUT2D eigenvalue weighted by Gasteiger charge is 2.11. The number of rotatable bonds is 9. The van der Waals surface area contributed by atoms with Crippen molar-refractivity contribution in [3.05, 3.63) is 54.1 Å². The summed E-state index contributed by atoms with van der Waals surface area (Å²) in [5.74, 6) is 0.224. The van der Waals surface area contributed by atoms with Crippen molar-refractivity contribution in [3.8, 4) is 17.2 Å². The van der Waals surface area contributed by atoms with Crippen LogP contribution in [0.4, 0.5) is 0 Å². The Morgan fingerprint density at radius 3 is 2.61 bits per heavy atom. The molecule has 0 unspecified atom stereocenters. The summed E-state index contributed by atoms with van der Waals surface area (Å²) in [7, 11) is 0. The van der Waals surface area contributed by atoms with Crippen LogP contribution < -0.4 is 9.47 Å². The zero-order valence-corrected chi connectivity index (χ0v) is 12.3. The molecule has 6 heteroatoms. The van der Waals surface area contributed by atoms with Crippen LogP contribution >= 0.6 is 0 Å². The highest BCUT2D eigenvalue weighted by atomic mass is 16.5. The van der Waals surface area contributed by atoms with Gasteiger partial charge in [0.2, 0.25) is 0 Å². The monoisotopic (exact) mass is 316 g/mol. The maximum absolute atomic E-state index is 11.2. The standard InChI is InChI=1S/C17H16O6/c18-8-9-21-10-11-22-13-4-3-5-14(12-13)23-16-7-2-1-6-15(16)17(19)20/h1-8,12H,9-11H2,(H,19,20). The summed E-state index contributed by atoms with van der Waals surface area (Å²) < 4.78 is 16.1. The van der Waals surface area contributed by atoms with Crippen molar-refractivity contribution in [1.82, 2.24) is 0 Å². The van der Waals surface area contributed by atoms with Crippen molar-refractivity contribution in [1.29, 1.82) is 0 Å². The Labute approximate surface area is 133 Å². The molecule has 2 aromatic rings. The van der Waals surface area contributed by atoms with Gasteiger partial charge in [-0.1, -0.05) is 18.2 Å². The number of aromatic carboxylic acids is 1. The molecule has 0 amide bonds. The lowest BCUT2D eigenvalue weighted by atomic mass is 10.2. The number of carboxylic acids is 1. The molecular formula is C17H16O6. The van der Waals surface area contributed by atoms with Gasteiger partial charge in [-0.25, -0.2) is 4.79 Å². The molecule has 2 aromatic carbocycles. The van der Waals surface area contributed by atoms with Crippen molar-refractivity contribution in [2.45, 2.75) is 0 Å². The van der Waals surface area contributed by atoms with Crippen LogP contribution in [0.5, 0.6) is 17.2 Å². The van der Waals surface area contributed by atoms with E-state index in [1.807, 2.05) is 0 Å². The molecule has 0 aromatic heterocycles. The van der Waals surface area contributed by atoms with Crippen molar-refractivity contribution >= 4 is 12.3 Å². The minimum Gasteiger partial charge on any atom is -0.491 e. The van der Waals surface area contributed by atoms with E-state index in [9.17, 15) is 9.59 Å². The van der Waals surface area contributed by atoms with Crippen LogP contribution in [0.15, 0.2) is 48.5 Å².